The van der Waals surface area contributed by atoms with Crippen LogP contribution in [0.25, 0.3) is 0 Å². The molecular formula is C17H15ClF3NO2S. The molecule has 8 heteroatoms. The fraction of sp³-hybridized carbons (Fsp3) is 0.235. The lowest BCUT2D eigenvalue weighted by molar-refractivity contribution is -0.242. The summed E-state index contributed by atoms with van der Waals surface area (Å²) in [6, 6.07) is 12.3. The summed E-state index contributed by atoms with van der Waals surface area (Å²) in [4.78, 5) is 13.5. The SMILES string of the molecule is Cc1ccccc1Sc1ccc(NC(=O)[C@@](C)(O)C(F)(F)F)c(Cl)c1. The molecule has 2 rings (SSSR count). The Hall–Kier alpha value is -1.70. The molecule has 134 valence electrons. The topological polar surface area (TPSA) is 49.3 Å². The van der Waals surface area contributed by atoms with Gasteiger partial charge in [0, 0.05) is 9.79 Å². The number of anilines is 1. The summed E-state index contributed by atoms with van der Waals surface area (Å²) in [5.74, 6) is -1.60. The molecule has 0 fully saturated rings. The van der Waals surface area contributed by atoms with Gasteiger partial charge < -0.3 is 10.4 Å². The summed E-state index contributed by atoms with van der Waals surface area (Å²) in [7, 11) is 0. The number of carbonyl (C=O) groups is 1. The van der Waals surface area contributed by atoms with Gasteiger partial charge in [-0.15, -0.1) is 0 Å². The van der Waals surface area contributed by atoms with Gasteiger partial charge in [-0.05, 0) is 43.7 Å². The average Bonchev–Trinajstić information content (AvgIpc) is 2.51. The highest BCUT2D eigenvalue weighted by atomic mass is 35.5. The maximum atomic E-state index is 12.7. The number of hydrogen-bond donors (Lipinski definition) is 2. The predicted molar refractivity (Wildman–Crippen MR) is 92.1 cm³/mol. The van der Waals surface area contributed by atoms with Gasteiger partial charge in [-0.2, -0.15) is 13.2 Å². The molecule has 0 aromatic heterocycles. The van der Waals surface area contributed by atoms with Crippen molar-refractivity contribution >= 4 is 35.0 Å². The third-order valence-corrected chi connectivity index (χ3v) is 4.98. The first-order chi connectivity index (χ1) is 11.5. The van der Waals surface area contributed by atoms with Crippen LogP contribution in [0, 0.1) is 6.92 Å². The monoisotopic (exact) mass is 389 g/mol. The zero-order valence-corrected chi connectivity index (χ0v) is 14.9. The zero-order chi connectivity index (χ0) is 18.8. The maximum absolute atomic E-state index is 12.7. The molecule has 0 bridgehead atoms. The predicted octanol–water partition coefficient (Wildman–Crippen LogP) is 5.05. The van der Waals surface area contributed by atoms with Gasteiger partial charge in [0.2, 0.25) is 5.60 Å². The second-order valence-electron chi connectivity index (χ2n) is 5.53. The zero-order valence-electron chi connectivity index (χ0n) is 13.3. The van der Waals surface area contributed by atoms with Crippen molar-refractivity contribution in [1.82, 2.24) is 0 Å². The summed E-state index contributed by atoms with van der Waals surface area (Å²) in [6.45, 7) is 2.34. The van der Waals surface area contributed by atoms with Crippen LogP contribution < -0.4 is 5.32 Å². The van der Waals surface area contributed by atoms with E-state index in [1.165, 1.54) is 23.9 Å². The molecule has 0 aliphatic rings. The Morgan fingerprint density at radius 3 is 2.40 bits per heavy atom. The standard InChI is InChI=1S/C17H15ClF3NO2S/c1-10-5-3-4-6-14(10)25-11-7-8-13(12(18)9-11)22-15(23)16(2,24)17(19,20)21/h3-9,24H,1-2H3,(H,22,23)/t16-/m1/s1. The van der Waals surface area contributed by atoms with E-state index in [2.05, 4.69) is 0 Å². The number of rotatable bonds is 4. The molecule has 1 atom stereocenters. The number of halogens is 4. The Kier molecular flexibility index (Phi) is 5.71. The molecule has 2 N–H and O–H groups in total. The summed E-state index contributed by atoms with van der Waals surface area (Å²) < 4.78 is 38.1. The Balaban J connectivity index is 2.17. The summed E-state index contributed by atoms with van der Waals surface area (Å²) in [5, 5.41) is 11.5. The summed E-state index contributed by atoms with van der Waals surface area (Å²) in [5.41, 5.74) is -2.45. The highest BCUT2D eigenvalue weighted by molar-refractivity contribution is 7.99. The van der Waals surface area contributed by atoms with Crippen LogP contribution in [0.2, 0.25) is 5.02 Å². The van der Waals surface area contributed by atoms with E-state index in [0.29, 0.717) is 6.92 Å². The lowest BCUT2D eigenvalue weighted by atomic mass is 10.1. The van der Waals surface area contributed by atoms with Gasteiger partial charge in [-0.3, -0.25) is 4.79 Å². The minimum absolute atomic E-state index is 0.00896. The number of aryl methyl sites for hydroxylation is 1. The Bertz CT molecular complexity index is 794. The van der Waals surface area contributed by atoms with Crippen LogP contribution in [-0.4, -0.2) is 22.8 Å². The largest absolute Gasteiger partial charge is 0.426 e. The fourth-order valence-electron chi connectivity index (χ4n) is 1.83. The smallest absolute Gasteiger partial charge is 0.373 e. The number of amides is 1. The Labute approximate surface area is 152 Å². The molecule has 0 aliphatic heterocycles. The normalized spacial score (nSPS) is 14.0. The van der Waals surface area contributed by atoms with Gasteiger partial charge in [-0.25, -0.2) is 0 Å². The summed E-state index contributed by atoms with van der Waals surface area (Å²) >= 11 is 7.49. The van der Waals surface area contributed by atoms with E-state index in [9.17, 15) is 23.1 Å². The van der Waals surface area contributed by atoms with E-state index < -0.39 is 17.7 Å². The first-order valence-corrected chi connectivity index (χ1v) is 8.35. The molecule has 0 saturated carbocycles. The molecule has 0 unspecified atom stereocenters. The molecule has 2 aromatic carbocycles. The van der Waals surface area contributed by atoms with E-state index in [-0.39, 0.29) is 10.7 Å². The van der Waals surface area contributed by atoms with Crippen molar-refractivity contribution < 1.29 is 23.1 Å². The van der Waals surface area contributed by atoms with Gasteiger partial charge in [0.05, 0.1) is 10.7 Å². The lowest BCUT2D eigenvalue weighted by Crippen LogP contribution is -2.52. The molecule has 0 aliphatic carbocycles. The molecular weight excluding hydrogens is 375 g/mol. The fourth-order valence-corrected chi connectivity index (χ4v) is 3.07. The van der Waals surface area contributed by atoms with Gasteiger partial charge in [0.25, 0.3) is 5.91 Å². The van der Waals surface area contributed by atoms with Crippen LogP contribution in [0.5, 0.6) is 0 Å². The first kappa shape index (κ1) is 19.6. The van der Waals surface area contributed by atoms with Gasteiger partial charge >= 0.3 is 6.18 Å². The van der Waals surface area contributed by atoms with Gasteiger partial charge in [-0.1, -0.05) is 41.6 Å². The van der Waals surface area contributed by atoms with Crippen molar-refractivity contribution in [2.24, 2.45) is 0 Å². The van der Waals surface area contributed by atoms with E-state index >= 15 is 0 Å². The van der Waals surface area contributed by atoms with E-state index in [1.54, 1.807) is 6.07 Å². The lowest BCUT2D eigenvalue weighted by Gasteiger charge is -2.25. The maximum Gasteiger partial charge on any atom is 0.426 e. The van der Waals surface area contributed by atoms with Crippen molar-refractivity contribution in [3.63, 3.8) is 0 Å². The number of alkyl halides is 3. The first-order valence-electron chi connectivity index (χ1n) is 7.16. The van der Waals surface area contributed by atoms with Crippen LogP contribution in [0.4, 0.5) is 18.9 Å². The van der Waals surface area contributed by atoms with E-state index in [0.717, 1.165) is 15.4 Å². The third kappa shape index (κ3) is 4.48. The van der Waals surface area contributed by atoms with Crippen LogP contribution in [-0.2, 0) is 4.79 Å². The second-order valence-corrected chi connectivity index (χ2v) is 7.06. The molecule has 0 spiro atoms. The second kappa shape index (κ2) is 7.27. The van der Waals surface area contributed by atoms with Crippen molar-refractivity contribution in [1.29, 1.82) is 0 Å². The highest BCUT2D eigenvalue weighted by Gasteiger charge is 2.55. The molecule has 1 amide bonds. The van der Waals surface area contributed by atoms with Crippen LogP contribution in [0.3, 0.4) is 0 Å². The van der Waals surface area contributed by atoms with Crippen LogP contribution >= 0.6 is 23.4 Å². The van der Waals surface area contributed by atoms with Crippen molar-refractivity contribution in [3.8, 4) is 0 Å². The Morgan fingerprint density at radius 1 is 1.20 bits per heavy atom. The van der Waals surface area contributed by atoms with E-state index in [4.69, 9.17) is 11.6 Å². The minimum atomic E-state index is -5.09. The molecule has 25 heavy (non-hydrogen) atoms. The molecule has 3 nitrogen and oxygen atoms in total. The van der Waals surface area contributed by atoms with Crippen molar-refractivity contribution in [2.75, 3.05) is 5.32 Å². The summed E-state index contributed by atoms with van der Waals surface area (Å²) in [6.07, 6.45) is -5.09. The van der Waals surface area contributed by atoms with Crippen LogP contribution in [0.1, 0.15) is 12.5 Å². The van der Waals surface area contributed by atoms with Crippen molar-refractivity contribution in [2.45, 2.75) is 35.4 Å². The Morgan fingerprint density at radius 2 is 1.84 bits per heavy atom. The molecule has 0 radical (unpaired) electrons. The quantitative estimate of drug-likeness (QED) is 0.769. The highest BCUT2D eigenvalue weighted by Crippen LogP contribution is 2.35. The van der Waals surface area contributed by atoms with Gasteiger partial charge in [0.1, 0.15) is 0 Å². The molecule has 0 heterocycles. The molecule has 0 saturated heterocycles. The minimum Gasteiger partial charge on any atom is -0.373 e. The van der Waals surface area contributed by atoms with Gasteiger partial charge in [0.15, 0.2) is 0 Å². The van der Waals surface area contributed by atoms with Crippen molar-refractivity contribution in [3.05, 3.63) is 53.1 Å². The number of carbonyl (C=O) groups excluding carboxylic acids is 1. The number of benzene rings is 2. The number of hydrogen-bond acceptors (Lipinski definition) is 3. The third-order valence-electron chi connectivity index (χ3n) is 3.50. The molecule has 2 aromatic rings. The van der Waals surface area contributed by atoms with E-state index in [1.807, 2.05) is 36.5 Å². The average molecular weight is 390 g/mol. The number of aliphatic hydroxyl groups is 1. The van der Waals surface area contributed by atoms with Crippen LogP contribution in [0.15, 0.2) is 52.3 Å². The number of nitrogens with one attached hydrogen (secondary N) is 1.